The van der Waals surface area contributed by atoms with E-state index in [9.17, 15) is 110 Å². The Labute approximate surface area is 361 Å². The molecule has 6 nitrogen and oxygen atoms in total. The van der Waals surface area contributed by atoms with Crippen LogP contribution in [0.1, 0.15) is 47.1 Å². The van der Waals surface area contributed by atoms with E-state index in [1.165, 1.54) is 13.8 Å². The molecule has 0 bridgehead atoms. The van der Waals surface area contributed by atoms with Crippen molar-refractivity contribution in [1.29, 1.82) is 0 Å². The van der Waals surface area contributed by atoms with Crippen molar-refractivity contribution >= 4 is 62.0 Å². The minimum Gasteiger partial charge on any atom is -0.382 e. The summed E-state index contributed by atoms with van der Waals surface area (Å²) < 4.78 is 349. The average Bonchev–Trinajstić information content (AvgIpc) is 3.05. The van der Waals surface area contributed by atoms with Crippen molar-refractivity contribution in [3.63, 3.8) is 0 Å². The van der Waals surface area contributed by atoms with Gasteiger partial charge in [-0.3, -0.25) is 0 Å². The molecule has 0 aliphatic heterocycles. The molecule has 0 atom stereocenters. The van der Waals surface area contributed by atoms with E-state index in [0.29, 0.717) is 0 Å². The van der Waals surface area contributed by atoms with Crippen molar-refractivity contribution in [2.45, 2.75) is 94.9 Å². The fourth-order valence-electron chi connectivity index (χ4n) is 4.48. The van der Waals surface area contributed by atoms with Crippen molar-refractivity contribution in [3.05, 3.63) is 28.8 Å². The van der Waals surface area contributed by atoms with Crippen molar-refractivity contribution in [2.75, 3.05) is 39.6 Å². The summed E-state index contributed by atoms with van der Waals surface area (Å²) in [5.41, 5.74) is -8.72. The average molecular weight is 1120 g/mol. The minimum atomic E-state index is -7.02. The molecule has 0 saturated heterocycles. The quantitative estimate of drug-likeness (QED) is 0.0671. The predicted octanol–water partition coefficient (Wildman–Crippen LogP) is 12.6. The number of benzene rings is 1. The van der Waals surface area contributed by atoms with Gasteiger partial charge in [0.25, 0.3) is 0 Å². The molecule has 1 rings (SSSR count). The smallest absolute Gasteiger partial charge is 0.382 e. The van der Waals surface area contributed by atoms with Gasteiger partial charge < -0.3 is 26.6 Å². The van der Waals surface area contributed by atoms with Gasteiger partial charge in [-0.2, -0.15) is 92.2 Å². The van der Waals surface area contributed by atoms with Crippen LogP contribution < -0.4 is 5.19 Å². The van der Waals surface area contributed by atoms with Crippen LogP contribution in [-0.2, 0) is 32.7 Å². The Bertz CT molecular complexity index is 1560. The Morgan fingerprint density at radius 1 is 0.375 bits per heavy atom. The summed E-state index contributed by atoms with van der Waals surface area (Å²) in [6.07, 6.45) is -32.9. The molecule has 0 aliphatic rings. The standard InChI is InChI=1S/C11H10ClF7O2Si.2C8H10ClF9O2Si/c1-3-20-22(12,21-4-2)10-8(15)6(13)5(11(17,18)19)7(14)9(10)16;1-3-19-21(9,20-4-2)8(17,18)6(12,13)5(10,11)7(14,15)16;1-3-19-21(9,20-4-2)5(6(10,11)12,7(13,14)15)8(16,17)18/h3-4H2,1-2H3;2*3-4H2,1-2H3. The Kier molecular flexibility index (Phi) is 22.7. The van der Waals surface area contributed by atoms with Gasteiger partial charge in [0.15, 0.2) is 23.3 Å². The van der Waals surface area contributed by atoms with Crippen LogP contribution in [0.25, 0.3) is 0 Å². The minimum absolute atomic E-state index is 0.237. The third kappa shape index (κ3) is 12.7. The second-order valence-corrected chi connectivity index (χ2v) is 22.5. The normalized spacial score (nSPS) is 14.5. The highest BCUT2D eigenvalue weighted by Gasteiger charge is 2.95. The van der Waals surface area contributed by atoms with E-state index in [1.807, 2.05) is 0 Å². The molecule has 0 saturated carbocycles. The Balaban J connectivity index is 0. The fourth-order valence-corrected chi connectivity index (χ4v) is 14.1. The van der Waals surface area contributed by atoms with Crippen molar-refractivity contribution in [1.82, 2.24) is 0 Å². The zero-order valence-corrected chi connectivity index (χ0v) is 37.5. The van der Waals surface area contributed by atoms with Crippen molar-refractivity contribution < 1.29 is 136 Å². The lowest BCUT2D eigenvalue weighted by atomic mass is 10.1. The lowest BCUT2D eigenvalue weighted by Crippen LogP contribution is -2.71. The zero-order chi connectivity index (χ0) is 51.9. The molecule has 0 aromatic heterocycles. The first-order chi connectivity index (χ1) is 28.3. The molecule has 0 N–H and O–H groups in total. The van der Waals surface area contributed by atoms with Crippen LogP contribution >= 0.6 is 33.2 Å². The number of alkyl halides is 21. The topological polar surface area (TPSA) is 55.4 Å². The maximum absolute atomic E-state index is 13.9. The maximum Gasteiger partial charge on any atom is 0.524 e. The van der Waals surface area contributed by atoms with E-state index in [4.69, 9.17) is 42.1 Å². The van der Waals surface area contributed by atoms with Crippen LogP contribution in [0.3, 0.4) is 0 Å². The monoisotopic (exact) mass is 1110 g/mol. The number of hydrogen-bond acceptors (Lipinski definition) is 6. The van der Waals surface area contributed by atoms with Gasteiger partial charge in [0.2, 0.25) is 0 Å². The van der Waals surface area contributed by atoms with Gasteiger partial charge in [-0.1, -0.05) is 33.2 Å². The second kappa shape index (κ2) is 22.5. The molecular weight excluding hydrogens is 1090 g/mol. The first-order valence-corrected chi connectivity index (χ1v) is 25.0. The summed E-state index contributed by atoms with van der Waals surface area (Å²) in [5.74, 6) is -23.6. The summed E-state index contributed by atoms with van der Waals surface area (Å²) in [5, 5.41) is -7.76. The largest absolute Gasteiger partial charge is 0.524 e. The third-order valence-electron chi connectivity index (χ3n) is 7.07. The van der Waals surface area contributed by atoms with Crippen LogP contribution in [-0.4, -0.2) is 105 Å². The molecule has 37 heteroatoms. The molecule has 1 aromatic rings. The molecule has 0 spiro atoms. The molecular formula is C27H30Cl3F25O6Si3. The first-order valence-electron chi connectivity index (χ1n) is 16.5. The summed E-state index contributed by atoms with van der Waals surface area (Å²) >= 11 is 15.9. The summed E-state index contributed by atoms with van der Waals surface area (Å²) in [6, 6.07) is 0. The van der Waals surface area contributed by atoms with Gasteiger partial charge in [-0.25, -0.2) is 17.6 Å². The molecule has 1 aromatic carbocycles. The summed E-state index contributed by atoms with van der Waals surface area (Å²) in [7, 11) is -16.7. The predicted molar refractivity (Wildman–Crippen MR) is 177 cm³/mol. The van der Waals surface area contributed by atoms with Gasteiger partial charge in [-0.15, -0.1) is 0 Å². The van der Waals surface area contributed by atoms with Crippen LogP contribution in [0.15, 0.2) is 0 Å². The number of rotatable bonds is 17. The maximum atomic E-state index is 13.9. The van der Waals surface area contributed by atoms with Gasteiger partial charge in [0, 0.05) is 39.6 Å². The van der Waals surface area contributed by atoms with Crippen LogP contribution in [0.2, 0.25) is 5.04 Å². The molecule has 0 radical (unpaired) electrons. The van der Waals surface area contributed by atoms with E-state index >= 15 is 0 Å². The van der Waals surface area contributed by atoms with E-state index in [2.05, 4.69) is 17.7 Å². The number of halogens is 28. The van der Waals surface area contributed by atoms with Gasteiger partial charge in [-0.05, 0) is 41.5 Å². The van der Waals surface area contributed by atoms with E-state index in [0.717, 1.165) is 27.7 Å². The Hall–Kier alpha value is -1.25. The molecule has 382 valence electrons. The summed E-state index contributed by atoms with van der Waals surface area (Å²) in [6.45, 7) is 2.70. The van der Waals surface area contributed by atoms with Gasteiger partial charge >= 0.3 is 76.9 Å². The van der Waals surface area contributed by atoms with E-state index in [1.54, 1.807) is 0 Å². The molecule has 0 unspecified atom stereocenters. The molecule has 64 heavy (non-hydrogen) atoms. The van der Waals surface area contributed by atoms with Crippen LogP contribution in [0.4, 0.5) is 110 Å². The highest BCUT2D eigenvalue weighted by Crippen LogP contribution is 2.71. The Morgan fingerprint density at radius 3 is 0.859 bits per heavy atom. The van der Waals surface area contributed by atoms with Crippen LogP contribution in [0.5, 0.6) is 0 Å². The third-order valence-corrected chi connectivity index (χ3v) is 19.0. The van der Waals surface area contributed by atoms with Crippen molar-refractivity contribution in [3.8, 4) is 0 Å². The summed E-state index contributed by atoms with van der Waals surface area (Å²) in [4.78, 5) is 0. The SMILES string of the molecule is CCO[Si](Cl)(OCC)C(C(F)(F)F)(C(F)(F)F)C(F)(F)F.CCO[Si](Cl)(OCC)C(F)(F)C(F)(F)C(F)(F)C(F)(F)F.CCO[Si](Cl)(OCC)c1c(F)c(F)c(C(F)(F)F)c(F)c1F. The van der Waals surface area contributed by atoms with Crippen LogP contribution in [0, 0.1) is 23.3 Å². The molecule has 0 amide bonds. The second-order valence-electron chi connectivity index (χ2n) is 11.2. The first kappa shape index (κ1) is 64.8. The molecule has 0 fully saturated rings. The lowest BCUT2D eigenvalue weighted by molar-refractivity contribution is -0.386. The fraction of sp³-hybridized carbons (Fsp3) is 0.778. The van der Waals surface area contributed by atoms with Gasteiger partial charge in [0.1, 0.15) is 5.56 Å². The van der Waals surface area contributed by atoms with Crippen molar-refractivity contribution in [2.24, 2.45) is 0 Å². The molecule has 0 aliphatic carbocycles. The molecule has 0 heterocycles. The zero-order valence-electron chi connectivity index (χ0n) is 32.3. The highest BCUT2D eigenvalue weighted by atomic mass is 35.6. The highest BCUT2D eigenvalue weighted by molar-refractivity contribution is 7.20. The van der Waals surface area contributed by atoms with E-state index < -0.39 is 137 Å². The number of hydrogen-bond donors (Lipinski definition) is 0. The van der Waals surface area contributed by atoms with Gasteiger partial charge in [0.05, 0.1) is 5.19 Å². The Morgan fingerprint density at radius 2 is 0.641 bits per heavy atom. The van der Waals surface area contributed by atoms with E-state index in [-0.39, 0.29) is 13.2 Å². The lowest BCUT2D eigenvalue weighted by Gasteiger charge is -2.44.